The van der Waals surface area contributed by atoms with Crippen molar-refractivity contribution < 1.29 is 26.3 Å². The summed E-state index contributed by atoms with van der Waals surface area (Å²) in [6.07, 6.45) is 0.522. The van der Waals surface area contributed by atoms with Crippen molar-refractivity contribution >= 4 is 19.9 Å². The van der Waals surface area contributed by atoms with E-state index in [4.69, 9.17) is 9.47 Å². The molecule has 0 amide bonds. The zero-order valence-corrected chi connectivity index (χ0v) is 16.2. The molecule has 2 N–H and O–H groups in total. The molecule has 2 rings (SSSR count). The number of ether oxygens (including phenoxy) is 2. The highest BCUT2D eigenvalue weighted by molar-refractivity contribution is 7.91. The van der Waals surface area contributed by atoms with E-state index in [-0.39, 0.29) is 28.7 Å². The molecule has 0 radical (unpaired) electrons. The first-order chi connectivity index (χ1) is 11.6. The van der Waals surface area contributed by atoms with Crippen LogP contribution in [0.4, 0.5) is 0 Å². The number of methoxy groups -OCH3 is 2. The van der Waals surface area contributed by atoms with Crippen LogP contribution in [0, 0.1) is 0 Å². The molecule has 0 bridgehead atoms. The number of hydrogen-bond donors (Lipinski definition) is 2. The number of hydrogen-bond acceptors (Lipinski definition) is 7. The molecule has 0 unspecified atom stereocenters. The summed E-state index contributed by atoms with van der Waals surface area (Å²) in [6, 6.07) is 4.45. The molecule has 1 saturated heterocycles. The summed E-state index contributed by atoms with van der Waals surface area (Å²) in [5, 5.41) is 3.13. The Balaban J connectivity index is 1.96. The van der Waals surface area contributed by atoms with E-state index in [0.717, 1.165) is 0 Å². The van der Waals surface area contributed by atoms with Crippen LogP contribution in [0.5, 0.6) is 11.5 Å². The molecule has 1 aromatic rings. The van der Waals surface area contributed by atoms with Gasteiger partial charge in [0.25, 0.3) is 0 Å². The Hall–Kier alpha value is -1.36. The van der Waals surface area contributed by atoms with Crippen molar-refractivity contribution in [2.24, 2.45) is 0 Å². The van der Waals surface area contributed by atoms with Gasteiger partial charge in [-0.05, 0) is 25.5 Å². The monoisotopic (exact) mass is 392 g/mol. The van der Waals surface area contributed by atoms with Gasteiger partial charge in [-0.15, -0.1) is 0 Å². The van der Waals surface area contributed by atoms with Gasteiger partial charge < -0.3 is 14.8 Å². The van der Waals surface area contributed by atoms with Crippen LogP contribution in [-0.2, 0) is 19.9 Å². The van der Waals surface area contributed by atoms with E-state index in [9.17, 15) is 16.8 Å². The van der Waals surface area contributed by atoms with Crippen molar-refractivity contribution in [3.05, 3.63) is 18.2 Å². The van der Waals surface area contributed by atoms with Gasteiger partial charge in [0.05, 0.1) is 25.7 Å². The molecule has 10 heteroatoms. The second-order valence-corrected chi connectivity index (χ2v) is 10.2. The summed E-state index contributed by atoms with van der Waals surface area (Å²) in [7, 11) is -3.89. The minimum absolute atomic E-state index is 0.0189. The molecule has 1 aliphatic rings. The molecule has 8 nitrogen and oxygen atoms in total. The summed E-state index contributed by atoms with van der Waals surface area (Å²) >= 11 is 0. The Bertz CT molecular complexity index is 822. The third-order valence-corrected chi connectivity index (χ3v) is 7.54. The highest BCUT2D eigenvalue weighted by Gasteiger charge is 2.37. The van der Waals surface area contributed by atoms with Crippen molar-refractivity contribution in [3.63, 3.8) is 0 Å². The summed E-state index contributed by atoms with van der Waals surface area (Å²) < 4.78 is 60.7. The minimum atomic E-state index is -3.76. The van der Waals surface area contributed by atoms with E-state index >= 15 is 0 Å². The highest BCUT2D eigenvalue weighted by atomic mass is 32.2. The van der Waals surface area contributed by atoms with Crippen molar-refractivity contribution in [3.8, 4) is 11.5 Å². The van der Waals surface area contributed by atoms with E-state index in [1.165, 1.54) is 26.4 Å². The molecule has 1 atom stereocenters. The minimum Gasteiger partial charge on any atom is -0.497 e. The second kappa shape index (κ2) is 7.48. The van der Waals surface area contributed by atoms with E-state index < -0.39 is 25.4 Å². The lowest BCUT2D eigenvalue weighted by Gasteiger charge is -2.24. The molecule has 0 aromatic heterocycles. The third-order valence-electron chi connectivity index (χ3n) is 4.13. The number of sulfone groups is 1. The topological polar surface area (TPSA) is 111 Å². The summed E-state index contributed by atoms with van der Waals surface area (Å²) in [6.45, 7) is 2.29. The van der Waals surface area contributed by atoms with Gasteiger partial charge in [-0.2, -0.15) is 0 Å². The second-order valence-electron chi connectivity index (χ2n) is 6.24. The van der Waals surface area contributed by atoms with Gasteiger partial charge in [0.15, 0.2) is 9.84 Å². The maximum atomic E-state index is 12.4. The number of benzene rings is 1. The van der Waals surface area contributed by atoms with E-state index in [1.54, 1.807) is 6.07 Å². The average molecular weight is 392 g/mol. The molecule has 0 aliphatic carbocycles. The maximum absolute atomic E-state index is 12.4. The first-order valence-electron chi connectivity index (χ1n) is 7.78. The molecule has 0 spiro atoms. The van der Waals surface area contributed by atoms with Crippen LogP contribution in [0.2, 0.25) is 0 Å². The quantitative estimate of drug-likeness (QED) is 0.606. The lowest BCUT2D eigenvalue weighted by Crippen LogP contribution is -2.46. The van der Waals surface area contributed by atoms with Crippen LogP contribution in [-0.4, -0.2) is 61.2 Å². The molecule has 25 heavy (non-hydrogen) atoms. The van der Waals surface area contributed by atoms with Crippen molar-refractivity contribution in [2.75, 3.05) is 38.8 Å². The smallest absolute Gasteiger partial charge is 0.244 e. The normalized spacial score (nSPS) is 22.7. The van der Waals surface area contributed by atoms with Crippen molar-refractivity contribution in [1.29, 1.82) is 0 Å². The predicted molar refractivity (Wildman–Crippen MR) is 94.4 cm³/mol. The lowest BCUT2D eigenvalue weighted by atomic mass is 10.0. The Morgan fingerprint density at radius 1 is 1.20 bits per heavy atom. The van der Waals surface area contributed by atoms with Gasteiger partial charge >= 0.3 is 0 Å². The van der Waals surface area contributed by atoms with E-state index in [2.05, 4.69) is 10.0 Å². The van der Waals surface area contributed by atoms with Gasteiger partial charge in [-0.1, -0.05) is 0 Å². The van der Waals surface area contributed by atoms with Crippen LogP contribution in [0.3, 0.4) is 0 Å². The molecule has 0 saturated carbocycles. The molecule has 1 heterocycles. The summed E-state index contributed by atoms with van der Waals surface area (Å²) in [5.74, 6) is 0.908. The van der Waals surface area contributed by atoms with E-state index in [0.29, 0.717) is 18.7 Å². The SMILES string of the molecule is COc1ccc(S(=O)(=O)NCCN[C@@]2(C)CCS(=O)(=O)C2)c(OC)c1. The lowest BCUT2D eigenvalue weighted by molar-refractivity contribution is 0.385. The standard InChI is InChI=1S/C15H24N2O6S2/c1-15(6-9-24(18,19)11-15)16-7-8-17-25(20,21)14-5-4-12(22-2)10-13(14)23-3/h4-5,10,16-17H,6-9,11H2,1-3H3/t15-/m0/s1. The van der Waals surface area contributed by atoms with Gasteiger partial charge in [-0.25, -0.2) is 21.6 Å². The number of nitrogens with one attached hydrogen (secondary N) is 2. The summed E-state index contributed by atoms with van der Waals surface area (Å²) in [4.78, 5) is 0.0189. The number of sulfonamides is 1. The number of rotatable bonds is 8. The molecule has 1 aliphatic heterocycles. The third kappa shape index (κ3) is 5.06. The molecular formula is C15H24N2O6S2. The van der Waals surface area contributed by atoms with Crippen LogP contribution in [0.1, 0.15) is 13.3 Å². The first kappa shape index (κ1) is 20.0. The predicted octanol–water partition coefficient (Wildman–Crippen LogP) is 0.149. The fourth-order valence-electron chi connectivity index (χ4n) is 2.77. The van der Waals surface area contributed by atoms with Gasteiger partial charge in [0.1, 0.15) is 16.4 Å². The average Bonchev–Trinajstić information content (AvgIpc) is 2.84. The van der Waals surface area contributed by atoms with Gasteiger partial charge in [0.2, 0.25) is 10.0 Å². The highest BCUT2D eigenvalue weighted by Crippen LogP contribution is 2.28. The fraction of sp³-hybridized carbons (Fsp3) is 0.600. The summed E-state index contributed by atoms with van der Waals surface area (Å²) in [5.41, 5.74) is -0.512. The molecule has 142 valence electrons. The van der Waals surface area contributed by atoms with Crippen LogP contribution in [0.15, 0.2) is 23.1 Å². The zero-order valence-electron chi connectivity index (χ0n) is 14.5. The molecular weight excluding hydrogens is 368 g/mol. The van der Waals surface area contributed by atoms with Gasteiger partial charge in [0, 0.05) is 24.7 Å². The van der Waals surface area contributed by atoms with Gasteiger partial charge in [-0.3, -0.25) is 0 Å². The zero-order chi connectivity index (χ0) is 18.7. The van der Waals surface area contributed by atoms with Crippen molar-refractivity contribution in [1.82, 2.24) is 10.0 Å². The van der Waals surface area contributed by atoms with E-state index in [1.807, 2.05) is 6.92 Å². The Kier molecular flexibility index (Phi) is 5.97. The van der Waals surface area contributed by atoms with Crippen LogP contribution < -0.4 is 19.5 Å². The maximum Gasteiger partial charge on any atom is 0.244 e. The molecule has 1 aromatic carbocycles. The molecule has 1 fully saturated rings. The fourth-order valence-corrected chi connectivity index (χ4v) is 6.08. The van der Waals surface area contributed by atoms with Crippen LogP contribution in [0.25, 0.3) is 0 Å². The van der Waals surface area contributed by atoms with Crippen molar-refractivity contribution in [2.45, 2.75) is 23.8 Å². The largest absolute Gasteiger partial charge is 0.497 e. The Labute approximate surface area is 148 Å². The first-order valence-corrected chi connectivity index (χ1v) is 11.1. The Morgan fingerprint density at radius 2 is 1.92 bits per heavy atom. The van der Waals surface area contributed by atoms with Crippen LogP contribution >= 0.6 is 0 Å². The Morgan fingerprint density at radius 3 is 2.48 bits per heavy atom.